The minimum Gasteiger partial charge on any atom is -0.480 e. The Morgan fingerprint density at radius 2 is 1.95 bits per heavy atom. The zero-order valence-corrected chi connectivity index (χ0v) is 12.3. The highest BCUT2D eigenvalue weighted by molar-refractivity contribution is 6.30. The zero-order valence-electron chi connectivity index (χ0n) is 11.5. The molecule has 106 valence electrons. The van der Waals surface area contributed by atoms with Crippen molar-refractivity contribution in [3.63, 3.8) is 0 Å². The van der Waals surface area contributed by atoms with Crippen LogP contribution in [-0.2, 0) is 11.8 Å². The standard InChI is InChI=1S/C14H16ClN3O2/c1-17(2)11(14(19)20)10-12(15)18(3)13(16-10)9-7-5-4-6-8-9/h4-8,11H,1-3H3,(H,19,20). The predicted octanol–water partition coefficient (Wildman–Crippen LogP) is 2.43. The summed E-state index contributed by atoms with van der Waals surface area (Å²) in [5.74, 6) is -0.326. The lowest BCUT2D eigenvalue weighted by Gasteiger charge is -2.18. The van der Waals surface area contributed by atoms with Crippen LogP contribution in [0.15, 0.2) is 30.3 Å². The summed E-state index contributed by atoms with van der Waals surface area (Å²) < 4.78 is 1.70. The zero-order chi connectivity index (χ0) is 14.9. The van der Waals surface area contributed by atoms with Gasteiger partial charge in [0.15, 0.2) is 6.04 Å². The average molecular weight is 294 g/mol. The van der Waals surface area contributed by atoms with Crippen molar-refractivity contribution in [1.82, 2.24) is 14.5 Å². The third kappa shape index (κ3) is 2.55. The van der Waals surface area contributed by atoms with Gasteiger partial charge in [-0.2, -0.15) is 0 Å². The second-order valence-electron chi connectivity index (χ2n) is 4.74. The summed E-state index contributed by atoms with van der Waals surface area (Å²) in [5.41, 5.74) is 1.25. The molecule has 0 spiro atoms. The molecule has 0 aliphatic rings. The summed E-state index contributed by atoms with van der Waals surface area (Å²) >= 11 is 6.26. The van der Waals surface area contributed by atoms with Crippen LogP contribution in [0.4, 0.5) is 0 Å². The van der Waals surface area contributed by atoms with Gasteiger partial charge in [0.05, 0.1) is 0 Å². The Labute approximate surface area is 122 Å². The lowest BCUT2D eigenvalue weighted by molar-refractivity contribution is -0.142. The van der Waals surface area contributed by atoms with Crippen molar-refractivity contribution in [3.8, 4) is 11.4 Å². The van der Waals surface area contributed by atoms with Crippen LogP contribution in [0.2, 0.25) is 5.15 Å². The van der Waals surface area contributed by atoms with Gasteiger partial charge >= 0.3 is 5.97 Å². The molecule has 1 aromatic carbocycles. The molecule has 1 unspecified atom stereocenters. The van der Waals surface area contributed by atoms with Gasteiger partial charge in [-0.1, -0.05) is 41.9 Å². The Bertz CT molecular complexity index is 623. The maximum absolute atomic E-state index is 11.4. The number of imidazole rings is 1. The third-order valence-electron chi connectivity index (χ3n) is 3.09. The second kappa shape index (κ2) is 5.64. The van der Waals surface area contributed by atoms with E-state index in [4.69, 9.17) is 11.6 Å². The van der Waals surface area contributed by atoms with Gasteiger partial charge in [-0.15, -0.1) is 0 Å². The van der Waals surface area contributed by atoms with Crippen LogP contribution in [0.3, 0.4) is 0 Å². The van der Waals surface area contributed by atoms with E-state index in [1.165, 1.54) is 0 Å². The number of likely N-dealkylation sites (N-methyl/N-ethyl adjacent to an activating group) is 1. The van der Waals surface area contributed by atoms with Crippen molar-refractivity contribution >= 4 is 17.6 Å². The molecule has 2 aromatic rings. The van der Waals surface area contributed by atoms with E-state index in [-0.39, 0.29) is 0 Å². The lowest BCUT2D eigenvalue weighted by Crippen LogP contribution is -2.28. The largest absolute Gasteiger partial charge is 0.480 e. The second-order valence-corrected chi connectivity index (χ2v) is 5.10. The monoisotopic (exact) mass is 293 g/mol. The van der Waals surface area contributed by atoms with Crippen molar-refractivity contribution in [2.75, 3.05) is 14.1 Å². The fraction of sp³-hybridized carbons (Fsp3) is 0.286. The summed E-state index contributed by atoms with van der Waals surface area (Å²) in [4.78, 5) is 17.4. The molecule has 1 heterocycles. The number of halogens is 1. The Hall–Kier alpha value is -1.85. The van der Waals surface area contributed by atoms with Crippen LogP contribution in [-0.4, -0.2) is 39.6 Å². The highest BCUT2D eigenvalue weighted by Crippen LogP contribution is 2.30. The van der Waals surface area contributed by atoms with Gasteiger partial charge in [0.25, 0.3) is 0 Å². The van der Waals surface area contributed by atoms with Crippen LogP contribution in [0.25, 0.3) is 11.4 Å². The van der Waals surface area contributed by atoms with E-state index in [9.17, 15) is 9.90 Å². The number of rotatable bonds is 4. The summed E-state index contributed by atoms with van der Waals surface area (Å²) in [5, 5.41) is 9.68. The molecule has 0 aliphatic heterocycles. The van der Waals surface area contributed by atoms with E-state index in [0.717, 1.165) is 5.56 Å². The number of hydrogen-bond donors (Lipinski definition) is 1. The first-order valence-corrected chi connectivity index (χ1v) is 6.48. The van der Waals surface area contributed by atoms with E-state index in [2.05, 4.69) is 4.98 Å². The van der Waals surface area contributed by atoms with Crippen LogP contribution in [0, 0.1) is 0 Å². The highest BCUT2D eigenvalue weighted by atomic mass is 35.5. The third-order valence-corrected chi connectivity index (χ3v) is 3.54. The van der Waals surface area contributed by atoms with Gasteiger partial charge < -0.3 is 9.67 Å². The molecular weight excluding hydrogens is 278 g/mol. The maximum atomic E-state index is 11.4. The van der Waals surface area contributed by atoms with E-state index in [1.54, 1.807) is 30.6 Å². The Balaban J connectivity index is 2.55. The number of carbonyl (C=O) groups is 1. The first-order chi connectivity index (χ1) is 9.43. The van der Waals surface area contributed by atoms with Crippen molar-refractivity contribution in [2.24, 2.45) is 7.05 Å². The van der Waals surface area contributed by atoms with Gasteiger partial charge in [0, 0.05) is 12.6 Å². The molecule has 0 amide bonds. The maximum Gasteiger partial charge on any atom is 0.327 e. The molecule has 1 aromatic heterocycles. The topological polar surface area (TPSA) is 58.4 Å². The number of carboxylic acid groups (broad SMARTS) is 1. The molecule has 0 saturated carbocycles. The summed E-state index contributed by atoms with van der Waals surface area (Å²) in [6.45, 7) is 0. The van der Waals surface area contributed by atoms with Crippen LogP contribution < -0.4 is 0 Å². The normalized spacial score (nSPS) is 12.7. The number of nitrogens with zero attached hydrogens (tertiary/aromatic N) is 3. The summed E-state index contributed by atoms with van der Waals surface area (Å²) in [7, 11) is 5.15. The van der Waals surface area contributed by atoms with Crippen molar-refractivity contribution < 1.29 is 9.90 Å². The molecule has 1 N–H and O–H groups in total. The van der Waals surface area contributed by atoms with Crippen LogP contribution in [0.5, 0.6) is 0 Å². The predicted molar refractivity (Wildman–Crippen MR) is 77.7 cm³/mol. The number of benzene rings is 1. The molecular formula is C14H16ClN3O2. The van der Waals surface area contributed by atoms with Gasteiger partial charge in [-0.05, 0) is 14.1 Å². The Kier molecular flexibility index (Phi) is 4.11. The van der Waals surface area contributed by atoms with E-state index >= 15 is 0 Å². The van der Waals surface area contributed by atoms with Gasteiger partial charge in [0.1, 0.15) is 16.7 Å². The Morgan fingerprint density at radius 3 is 2.45 bits per heavy atom. The number of aromatic nitrogens is 2. The van der Waals surface area contributed by atoms with Crippen LogP contribution >= 0.6 is 11.6 Å². The van der Waals surface area contributed by atoms with Crippen LogP contribution in [0.1, 0.15) is 11.7 Å². The molecule has 0 fully saturated rings. The van der Waals surface area contributed by atoms with Crippen molar-refractivity contribution in [1.29, 1.82) is 0 Å². The molecule has 2 rings (SSSR count). The number of aliphatic carboxylic acids is 1. The van der Waals surface area contributed by atoms with Crippen molar-refractivity contribution in [3.05, 3.63) is 41.2 Å². The van der Waals surface area contributed by atoms with E-state index in [1.807, 2.05) is 30.3 Å². The number of carboxylic acids is 1. The van der Waals surface area contributed by atoms with Gasteiger partial charge in [-0.3, -0.25) is 9.69 Å². The fourth-order valence-corrected chi connectivity index (χ4v) is 2.33. The summed E-state index contributed by atoms with van der Waals surface area (Å²) in [6.07, 6.45) is 0. The SMILES string of the molecule is CN(C)C(C(=O)O)c1nc(-c2ccccc2)n(C)c1Cl. The molecule has 20 heavy (non-hydrogen) atoms. The quantitative estimate of drug-likeness (QED) is 0.940. The first-order valence-electron chi connectivity index (χ1n) is 6.10. The van der Waals surface area contributed by atoms with E-state index < -0.39 is 12.0 Å². The van der Waals surface area contributed by atoms with Gasteiger partial charge in [0.2, 0.25) is 0 Å². The smallest absolute Gasteiger partial charge is 0.327 e. The minimum atomic E-state index is -0.977. The average Bonchev–Trinajstić information content (AvgIpc) is 2.68. The minimum absolute atomic E-state index is 0.338. The molecule has 5 nitrogen and oxygen atoms in total. The van der Waals surface area contributed by atoms with E-state index in [0.29, 0.717) is 16.7 Å². The lowest BCUT2D eigenvalue weighted by atomic mass is 10.2. The van der Waals surface area contributed by atoms with Gasteiger partial charge in [-0.25, -0.2) is 4.98 Å². The molecule has 6 heteroatoms. The Morgan fingerprint density at radius 1 is 1.35 bits per heavy atom. The van der Waals surface area contributed by atoms with Crippen molar-refractivity contribution in [2.45, 2.75) is 6.04 Å². The fourth-order valence-electron chi connectivity index (χ4n) is 2.10. The highest BCUT2D eigenvalue weighted by Gasteiger charge is 2.29. The number of hydrogen-bond acceptors (Lipinski definition) is 3. The molecule has 0 bridgehead atoms. The molecule has 0 radical (unpaired) electrons. The molecule has 0 saturated heterocycles. The first kappa shape index (κ1) is 14.6. The molecule has 0 aliphatic carbocycles. The molecule has 1 atom stereocenters. The summed E-state index contributed by atoms with van der Waals surface area (Å²) in [6, 6.07) is 8.67.